The second kappa shape index (κ2) is 6.34. The highest BCUT2D eigenvalue weighted by Crippen LogP contribution is 2.32. The van der Waals surface area contributed by atoms with Crippen molar-refractivity contribution < 1.29 is 13.5 Å². The van der Waals surface area contributed by atoms with Crippen LogP contribution >= 0.6 is 0 Å². The van der Waals surface area contributed by atoms with Crippen molar-refractivity contribution in [3.05, 3.63) is 59.4 Å². The molecule has 0 N–H and O–H groups in total. The Morgan fingerprint density at radius 3 is 2.33 bits per heavy atom. The molecule has 0 fully saturated rings. The summed E-state index contributed by atoms with van der Waals surface area (Å²) >= 11 is 0. The van der Waals surface area contributed by atoms with Gasteiger partial charge in [-0.3, -0.25) is 0 Å². The Hall–Kier alpha value is -1.64. The van der Waals surface area contributed by atoms with E-state index in [2.05, 4.69) is 24.8 Å². The molecule has 0 saturated carbocycles. The van der Waals surface area contributed by atoms with Gasteiger partial charge in [0.25, 0.3) is 0 Å². The first kappa shape index (κ1) is 14.4. The van der Waals surface area contributed by atoms with E-state index in [1.165, 1.54) is 12.7 Å². The van der Waals surface area contributed by atoms with Gasteiger partial charge in [-0.1, -0.05) is 37.8 Å². The third-order valence-electron chi connectivity index (χ3n) is 3.03. The molecule has 0 amide bonds. The Bertz CT molecular complexity index is 453. The number of halogens is 2. The van der Waals surface area contributed by atoms with Gasteiger partial charge in [-0.05, 0) is 24.8 Å². The Balaban J connectivity index is 2.93. The largest absolute Gasteiger partial charge is 0.494 e. The smallest absolute Gasteiger partial charge is 0.200 e. The van der Waals surface area contributed by atoms with Crippen LogP contribution < -0.4 is 0 Å². The van der Waals surface area contributed by atoms with E-state index in [4.69, 9.17) is 0 Å². The monoisotopic (exact) mass is 252 g/mol. The van der Waals surface area contributed by atoms with Crippen LogP contribution in [0.3, 0.4) is 0 Å². The predicted molar refractivity (Wildman–Crippen MR) is 70.2 cm³/mol. The second-order valence-corrected chi connectivity index (χ2v) is 4.10. The van der Waals surface area contributed by atoms with Crippen molar-refractivity contribution in [1.29, 1.82) is 0 Å². The zero-order valence-corrected chi connectivity index (χ0v) is 10.9. The number of ether oxygens (including phenoxy) is 1. The highest BCUT2D eigenvalue weighted by atomic mass is 19.2. The van der Waals surface area contributed by atoms with E-state index in [0.717, 1.165) is 12.8 Å². The molecule has 0 atom stereocenters. The van der Waals surface area contributed by atoms with E-state index in [0.29, 0.717) is 12.0 Å². The molecule has 0 spiro atoms. The Kier molecular flexibility index (Phi) is 5.08. The van der Waals surface area contributed by atoms with Gasteiger partial charge in [-0.2, -0.15) is 4.39 Å². The van der Waals surface area contributed by atoms with E-state index < -0.39 is 11.7 Å². The average molecular weight is 252 g/mol. The molecule has 0 bridgehead atoms. The molecule has 0 unspecified atom stereocenters. The van der Waals surface area contributed by atoms with Gasteiger partial charge in [-0.25, -0.2) is 4.39 Å². The van der Waals surface area contributed by atoms with Gasteiger partial charge >= 0.3 is 0 Å². The van der Waals surface area contributed by atoms with Gasteiger partial charge in [0.05, 0.1) is 7.11 Å². The molecule has 1 rings (SSSR count). The molecular formula is C15H18F2O. The summed E-state index contributed by atoms with van der Waals surface area (Å²) in [7, 11) is 1.24. The van der Waals surface area contributed by atoms with Crippen molar-refractivity contribution >= 4 is 0 Å². The fourth-order valence-corrected chi connectivity index (χ4v) is 1.71. The molecule has 1 aliphatic rings. The van der Waals surface area contributed by atoms with Gasteiger partial charge < -0.3 is 4.74 Å². The van der Waals surface area contributed by atoms with Crippen molar-refractivity contribution in [2.45, 2.75) is 26.2 Å². The number of hydrogen-bond acceptors (Lipinski definition) is 1. The summed E-state index contributed by atoms with van der Waals surface area (Å²) in [6.45, 7) is 8.95. The van der Waals surface area contributed by atoms with Crippen LogP contribution in [0.1, 0.15) is 26.2 Å². The fraction of sp³-hybridized carbons (Fsp3) is 0.333. The zero-order chi connectivity index (χ0) is 13.7. The lowest BCUT2D eigenvalue weighted by molar-refractivity contribution is 0.281. The maximum Gasteiger partial charge on any atom is 0.200 e. The van der Waals surface area contributed by atoms with Gasteiger partial charge in [0.15, 0.2) is 5.83 Å². The maximum absolute atomic E-state index is 13.8. The van der Waals surface area contributed by atoms with Crippen molar-refractivity contribution in [3.63, 3.8) is 0 Å². The molecule has 3 heteroatoms. The lowest BCUT2D eigenvalue weighted by Crippen LogP contribution is -1.98. The number of rotatable bonds is 5. The summed E-state index contributed by atoms with van der Waals surface area (Å²) in [6.07, 6.45) is 6.26. The molecule has 0 heterocycles. The van der Waals surface area contributed by atoms with E-state index >= 15 is 0 Å². The Morgan fingerprint density at radius 2 is 1.89 bits per heavy atom. The van der Waals surface area contributed by atoms with Crippen LogP contribution in [-0.4, -0.2) is 7.11 Å². The average Bonchev–Trinajstić information content (AvgIpc) is 2.44. The molecule has 0 radical (unpaired) electrons. The van der Waals surface area contributed by atoms with Crippen LogP contribution in [0.4, 0.5) is 8.78 Å². The third kappa shape index (κ3) is 3.19. The number of allylic oxidation sites excluding steroid dienone is 7. The molecule has 0 aliphatic heterocycles. The van der Waals surface area contributed by atoms with Crippen LogP contribution in [0.5, 0.6) is 0 Å². The van der Waals surface area contributed by atoms with Crippen LogP contribution in [0.15, 0.2) is 59.4 Å². The lowest BCUT2D eigenvalue weighted by Gasteiger charge is -2.15. The van der Waals surface area contributed by atoms with E-state index in [-0.39, 0.29) is 11.3 Å². The van der Waals surface area contributed by atoms with Crippen molar-refractivity contribution in [2.24, 2.45) is 0 Å². The highest BCUT2D eigenvalue weighted by molar-refractivity contribution is 5.48. The normalized spacial score (nSPS) is 16.4. The molecule has 0 saturated heterocycles. The standard InChI is InChI=1S/C15H18F2O/c1-5-12-6-8-13(9-7-12)10(2)14(16)15(17)11(3)18-4/h6,8H,2-3,5,7,9H2,1,4H3/b15-14-. The molecule has 1 nitrogen and oxygen atoms in total. The van der Waals surface area contributed by atoms with E-state index in [1.54, 1.807) is 6.08 Å². The minimum absolute atomic E-state index is 0.0668. The summed E-state index contributed by atoms with van der Waals surface area (Å²) in [5.41, 5.74) is 2.08. The SMILES string of the molecule is C=C(OC)/C(F)=C(/F)C(=C)C1=CC=C(CC)CC1. The Labute approximate surface area is 107 Å². The topological polar surface area (TPSA) is 9.23 Å². The van der Waals surface area contributed by atoms with E-state index in [9.17, 15) is 8.78 Å². The number of hydrogen-bond donors (Lipinski definition) is 0. The Morgan fingerprint density at radius 1 is 1.22 bits per heavy atom. The van der Waals surface area contributed by atoms with Crippen LogP contribution in [-0.2, 0) is 4.74 Å². The summed E-state index contributed by atoms with van der Waals surface area (Å²) in [5.74, 6) is -2.41. The first-order valence-electron chi connectivity index (χ1n) is 5.88. The fourth-order valence-electron chi connectivity index (χ4n) is 1.71. The van der Waals surface area contributed by atoms with Gasteiger partial charge in [0.1, 0.15) is 5.76 Å². The second-order valence-electron chi connectivity index (χ2n) is 4.10. The lowest BCUT2D eigenvalue weighted by atomic mass is 9.92. The summed E-state index contributed by atoms with van der Waals surface area (Å²) in [6, 6.07) is 0. The molecule has 1 aliphatic carbocycles. The summed E-state index contributed by atoms with van der Waals surface area (Å²) < 4.78 is 31.9. The minimum atomic E-state index is -1.09. The molecule has 0 aromatic heterocycles. The maximum atomic E-state index is 13.8. The van der Waals surface area contributed by atoms with Crippen molar-refractivity contribution in [1.82, 2.24) is 0 Å². The van der Waals surface area contributed by atoms with E-state index in [1.807, 2.05) is 6.08 Å². The quantitative estimate of drug-likeness (QED) is 0.499. The molecule has 18 heavy (non-hydrogen) atoms. The third-order valence-corrected chi connectivity index (χ3v) is 3.03. The zero-order valence-electron chi connectivity index (χ0n) is 10.9. The van der Waals surface area contributed by atoms with Gasteiger partial charge in [0.2, 0.25) is 5.83 Å². The first-order valence-corrected chi connectivity index (χ1v) is 5.88. The first-order chi connectivity index (χ1) is 8.51. The molecule has 0 aromatic carbocycles. The van der Waals surface area contributed by atoms with Gasteiger partial charge in [-0.15, -0.1) is 0 Å². The van der Waals surface area contributed by atoms with Crippen molar-refractivity contribution in [3.8, 4) is 0 Å². The molecular weight excluding hydrogens is 234 g/mol. The van der Waals surface area contributed by atoms with Crippen LogP contribution in [0.2, 0.25) is 0 Å². The van der Waals surface area contributed by atoms with Gasteiger partial charge in [0, 0.05) is 5.57 Å². The van der Waals surface area contributed by atoms with Crippen LogP contribution in [0.25, 0.3) is 0 Å². The highest BCUT2D eigenvalue weighted by Gasteiger charge is 2.17. The molecule has 0 aromatic rings. The molecule has 98 valence electrons. The number of methoxy groups -OCH3 is 1. The summed E-state index contributed by atoms with van der Waals surface area (Å²) in [4.78, 5) is 0. The minimum Gasteiger partial charge on any atom is -0.494 e. The van der Waals surface area contributed by atoms with Crippen molar-refractivity contribution in [2.75, 3.05) is 7.11 Å². The summed E-state index contributed by atoms with van der Waals surface area (Å²) in [5, 5.41) is 0. The predicted octanol–water partition coefficient (Wildman–Crippen LogP) is 4.91. The van der Waals surface area contributed by atoms with Crippen LogP contribution in [0, 0.1) is 0 Å².